The molecule has 1 aliphatic rings. The highest BCUT2D eigenvalue weighted by atomic mass is 15.1. The monoisotopic (exact) mass is 256 g/mol. The highest BCUT2D eigenvalue weighted by Gasteiger charge is 2.12. The fourth-order valence-electron chi connectivity index (χ4n) is 2.54. The summed E-state index contributed by atoms with van der Waals surface area (Å²) in [6.07, 6.45) is 4.36. The number of aromatic amines is 1. The van der Waals surface area contributed by atoms with Gasteiger partial charge in [-0.3, -0.25) is 0 Å². The lowest BCUT2D eigenvalue weighted by Crippen LogP contribution is -2.17. The number of nitrogens with zero attached hydrogens (tertiary/aromatic N) is 2. The van der Waals surface area contributed by atoms with Crippen LogP contribution in [-0.4, -0.2) is 23.1 Å². The number of nitrogens with one attached hydrogen (secondary N) is 2. The van der Waals surface area contributed by atoms with Crippen molar-refractivity contribution in [1.82, 2.24) is 9.97 Å². The zero-order chi connectivity index (χ0) is 13.1. The first-order valence-electron chi connectivity index (χ1n) is 6.91. The van der Waals surface area contributed by atoms with Crippen molar-refractivity contribution in [3.05, 3.63) is 42.0 Å². The SMILES string of the molecule is Cc1[nH]cnc1CNc1cccc(N2CCCC2)c1. The molecule has 4 nitrogen and oxygen atoms in total. The predicted molar refractivity (Wildman–Crippen MR) is 78.5 cm³/mol. The molecule has 4 heteroatoms. The fourth-order valence-corrected chi connectivity index (χ4v) is 2.54. The van der Waals surface area contributed by atoms with Crippen molar-refractivity contribution in [3.8, 4) is 0 Å². The van der Waals surface area contributed by atoms with Crippen LogP contribution in [0.25, 0.3) is 0 Å². The Hall–Kier alpha value is -1.97. The molecule has 100 valence electrons. The quantitative estimate of drug-likeness (QED) is 0.884. The molecule has 0 spiro atoms. The largest absolute Gasteiger partial charge is 0.379 e. The van der Waals surface area contributed by atoms with Crippen LogP contribution in [0.5, 0.6) is 0 Å². The second-order valence-corrected chi connectivity index (χ2v) is 5.07. The van der Waals surface area contributed by atoms with Crippen LogP contribution in [0.3, 0.4) is 0 Å². The van der Waals surface area contributed by atoms with Gasteiger partial charge in [0, 0.05) is 30.2 Å². The minimum Gasteiger partial charge on any atom is -0.379 e. The molecular weight excluding hydrogens is 236 g/mol. The van der Waals surface area contributed by atoms with Crippen molar-refractivity contribution in [3.63, 3.8) is 0 Å². The van der Waals surface area contributed by atoms with E-state index in [0.717, 1.165) is 23.6 Å². The predicted octanol–water partition coefficient (Wildman–Crippen LogP) is 2.93. The van der Waals surface area contributed by atoms with E-state index in [0.29, 0.717) is 0 Å². The first-order chi connectivity index (χ1) is 9.33. The van der Waals surface area contributed by atoms with Gasteiger partial charge in [-0.2, -0.15) is 0 Å². The summed E-state index contributed by atoms with van der Waals surface area (Å²) in [5.41, 5.74) is 4.68. The second-order valence-electron chi connectivity index (χ2n) is 5.07. The summed E-state index contributed by atoms with van der Waals surface area (Å²) in [4.78, 5) is 9.85. The molecule has 2 heterocycles. The third kappa shape index (κ3) is 2.72. The van der Waals surface area contributed by atoms with Crippen LogP contribution < -0.4 is 10.2 Å². The Morgan fingerprint density at radius 3 is 2.89 bits per heavy atom. The van der Waals surface area contributed by atoms with E-state index in [4.69, 9.17) is 0 Å². The number of benzene rings is 1. The van der Waals surface area contributed by atoms with Crippen LogP contribution in [0.2, 0.25) is 0 Å². The van der Waals surface area contributed by atoms with E-state index in [2.05, 4.69) is 44.5 Å². The summed E-state index contributed by atoms with van der Waals surface area (Å²) in [5, 5.41) is 3.44. The van der Waals surface area contributed by atoms with Crippen LogP contribution in [0.15, 0.2) is 30.6 Å². The van der Waals surface area contributed by atoms with Gasteiger partial charge in [0.1, 0.15) is 0 Å². The normalized spacial score (nSPS) is 14.9. The van der Waals surface area contributed by atoms with Crippen molar-refractivity contribution in [2.24, 2.45) is 0 Å². The average Bonchev–Trinajstić information content (AvgIpc) is 3.08. The molecule has 1 saturated heterocycles. The smallest absolute Gasteiger partial charge is 0.0925 e. The lowest BCUT2D eigenvalue weighted by atomic mass is 10.2. The number of hydrogen-bond acceptors (Lipinski definition) is 3. The van der Waals surface area contributed by atoms with Gasteiger partial charge in [-0.05, 0) is 38.0 Å². The van der Waals surface area contributed by atoms with Gasteiger partial charge in [-0.1, -0.05) is 6.07 Å². The first-order valence-corrected chi connectivity index (χ1v) is 6.91. The van der Waals surface area contributed by atoms with E-state index >= 15 is 0 Å². The van der Waals surface area contributed by atoms with Crippen LogP contribution in [0, 0.1) is 6.92 Å². The number of aryl methyl sites for hydroxylation is 1. The zero-order valence-electron chi connectivity index (χ0n) is 11.3. The zero-order valence-corrected chi connectivity index (χ0v) is 11.3. The highest BCUT2D eigenvalue weighted by Crippen LogP contribution is 2.23. The molecule has 1 aliphatic heterocycles. The molecule has 1 fully saturated rings. The van der Waals surface area contributed by atoms with Crippen molar-refractivity contribution >= 4 is 11.4 Å². The first kappa shape index (κ1) is 12.1. The molecule has 1 aromatic carbocycles. The van der Waals surface area contributed by atoms with E-state index in [-0.39, 0.29) is 0 Å². The molecule has 19 heavy (non-hydrogen) atoms. The lowest BCUT2D eigenvalue weighted by molar-refractivity contribution is 0.949. The number of hydrogen-bond donors (Lipinski definition) is 2. The molecule has 2 N–H and O–H groups in total. The molecule has 0 unspecified atom stereocenters. The summed E-state index contributed by atoms with van der Waals surface area (Å²) >= 11 is 0. The molecule has 0 amide bonds. The van der Waals surface area contributed by atoms with Crippen molar-refractivity contribution in [2.75, 3.05) is 23.3 Å². The van der Waals surface area contributed by atoms with Crippen molar-refractivity contribution < 1.29 is 0 Å². The molecular formula is C15H20N4. The number of H-pyrrole nitrogens is 1. The molecule has 3 rings (SSSR count). The second kappa shape index (κ2) is 5.34. The minimum atomic E-state index is 0.763. The van der Waals surface area contributed by atoms with Crippen molar-refractivity contribution in [1.29, 1.82) is 0 Å². The Morgan fingerprint density at radius 2 is 2.16 bits per heavy atom. The summed E-state index contributed by atoms with van der Waals surface area (Å²) in [6, 6.07) is 8.65. The Balaban J connectivity index is 1.67. The standard InChI is InChI=1S/C15H20N4/c1-12-15(18-11-17-12)10-16-13-5-4-6-14(9-13)19-7-2-3-8-19/h4-6,9,11,16H,2-3,7-8,10H2,1H3,(H,17,18). The van der Waals surface area contributed by atoms with E-state index in [9.17, 15) is 0 Å². The number of aromatic nitrogens is 2. The van der Waals surface area contributed by atoms with E-state index in [1.54, 1.807) is 6.33 Å². The van der Waals surface area contributed by atoms with Gasteiger partial charge in [-0.15, -0.1) is 0 Å². The number of rotatable bonds is 4. The van der Waals surface area contributed by atoms with Crippen molar-refractivity contribution in [2.45, 2.75) is 26.3 Å². The van der Waals surface area contributed by atoms with Gasteiger partial charge in [0.25, 0.3) is 0 Å². The van der Waals surface area contributed by atoms with E-state index < -0.39 is 0 Å². The van der Waals surface area contributed by atoms with Crippen LogP contribution in [-0.2, 0) is 6.54 Å². The summed E-state index contributed by atoms with van der Waals surface area (Å²) in [5.74, 6) is 0. The van der Waals surface area contributed by atoms with Gasteiger partial charge in [-0.25, -0.2) is 4.98 Å². The number of imidazole rings is 1. The highest BCUT2D eigenvalue weighted by molar-refractivity contribution is 5.58. The maximum Gasteiger partial charge on any atom is 0.0925 e. The Kier molecular flexibility index (Phi) is 3.40. The topological polar surface area (TPSA) is 44.0 Å². The minimum absolute atomic E-state index is 0.763. The van der Waals surface area contributed by atoms with Gasteiger partial charge in [0.15, 0.2) is 0 Å². The third-order valence-electron chi connectivity index (χ3n) is 3.71. The molecule has 0 atom stereocenters. The molecule has 0 saturated carbocycles. The maximum atomic E-state index is 4.30. The Labute approximate surface area is 113 Å². The fraction of sp³-hybridized carbons (Fsp3) is 0.400. The lowest BCUT2D eigenvalue weighted by Gasteiger charge is -2.18. The molecule has 0 aliphatic carbocycles. The van der Waals surface area contributed by atoms with Crippen LogP contribution in [0.1, 0.15) is 24.2 Å². The van der Waals surface area contributed by atoms with E-state index in [1.165, 1.54) is 31.6 Å². The molecule has 0 bridgehead atoms. The number of anilines is 2. The molecule has 1 aromatic heterocycles. The van der Waals surface area contributed by atoms with Gasteiger partial charge in [0.05, 0.1) is 18.6 Å². The van der Waals surface area contributed by atoms with E-state index in [1.807, 2.05) is 6.92 Å². The van der Waals surface area contributed by atoms with Gasteiger partial charge < -0.3 is 15.2 Å². The average molecular weight is 256 g/mol. The molecule has 0 radical (unpaired) electrons. The summed E-state index contributed by atoms with van der Waals surface area (Å²) < 4.78 is 0. The third-order valence-corrected chi connectivity index (χ3v) is 3.71. The Morgan fingerprint density at radius 1 is 1.32 bits per heavy atom. The Bertz CT molecular complexity index is 541. The summed E-state index contributed by atoms with van der Waals surface area (Å²) in [6.45, 7) is 5.17. The van der Waals surface area contributed by atoms with Crippen LogP contribution in [0.4, 0.5) is 11.4 Å². The maximum absolute atomic E-state index is 4.30. The van der Waals surface area contributed by atoms with Gasteiger partial charge >= 0.3 is 0 Å². The van der Waals surface area contributed by atoms with Gasteiger partial charge in [0.2, 0.25) is 0 Å². The van der Waals surface area contributed by atoms with Crippen LogP contribution >= 0.6 is 0 Å². The summed E-state index contributed by atoms with van der Waals surface area (Å²) in [7, 11) is 0. The molecule has 2 aromatic rings.